The van der Waals surface area contributed by atoms with Gasteiger partial charge in [-0.25, -0.2) is 0 Å². The molecular weight excluding hydrogens is 332 g/mol. The summed E-state index contributed by atoms with van der Waals surface area (Å²) >= 11 is 10.1. The molecule has 1 aromatic rings. The summed E-state index contributed by atoms with van der Waals surface area (Å²) in [6, 6.07) is 3.87. The second-order valence-electron chi connectivity index (χ2n) is 4.58. The van der Waals surface area contributed by atoms with Gasteiger partial charge in [-0.2, -0.15) is 0 Å². The van der Waals surface area contributed by atoms with E-state index in [9.17, 15) is 0 Å². The van der Waals surface area contributed by atoms with Crippen LogP contribution in [0, 0.1) is 5.92 Å². The fourth-order valence-electron chi connectivity index (χ4n) is 2.39. The van der Waals surface area contributed by atoms with Gasteiger partial charge in [0.05, 0.1) is 20.8 Å². The first-order valence-corrected chi connectivity index (χ1v) is 7.60. The van der Waals surface area contributed by atoms with Gasteiger partial charge in [0.2, 0.25) is 0 Å². The zero-order chi connectivity index (χ0) is 13.8. The molecule has 0 amide bonds. The Kier molecular flexibility index (Phi) is 5.37. The van der Waals surface area contributed by atoms with Crippen molar-refractivity contribution in [3.8, 4) is 11.5 Å². The van der Waals surface area contributed by atoms with Crippen molar-refractivity contribution >= 4 is 27.5 Å². The zero-order valence-corrected chi connectivity index (χ0v) is 13.5. The Morgan fingerprint density at radius 2 is 2.16 bits per heavy atom. The molecule has 0 saturated carbocycles. The van der Waals surface area contributed by atoms with E-state index in [4.69, 9.17) is 25.8 Å². The SMILES string of the molecule is COc1ccc(C(Br)C2CCCOC2)c(OC)c1Cl. The van der Waals surface area contributed by atoms with Crippen molar-refractivity contribution in [1.82, 2.24) is 0 Å². The molecule has 1 fully saturated rings. The maximum Gasteiger partial charge on any atom is 0.145 e. The van der Waals surface area contributed by atoms with Crippen molar-refractivity contribution in [2.75, 3.05) is 27.4 Å². The first-order valence-electron chi connectivity index (χ1n) is 6.31. The van der Waals surface area contributed by atoms with Gasteiger partial charge in [0.25, 0.3) is 0 Å². The van der Waals surface area contributed by atoms with Gasteiger partial charge in [0.1, 0.15) is 16.5 Å². The minimum atomic E-state index is 0.172. The number of halogens is 2. The van der Waals surface area contributed by atoms with Crippen molar-refractivity contribution in [2.45, 2.75) is 17.7 Å². The summed E-state index contributed by atoms with van der Waals surface area (Å²) in [4.78, 5) is 0.172. The summed E-state index contributed by atoms with van der Waals surface area (Å²) in [5.41, 5.74) is 1.05. The van der Waals surface area contributed by atoms with Gasteiger partial charge >= 0.3 is 0 Å². The van der Waals surface area contributed by atoms with E-state index in [1.165, 1.54) is 0 Å². The second-order valence-corrected chi connectivity index (χ2v) is 5.95. The lowest BCUT2D eigenvalue weighted by molar-refractivity contribution is 0.0544. The molecule has 1 heterocycles. The van der Waals surface area contributed by atoms with E-state index in [0.29, 0.717) is 22.4 Å². The summed E-state index contributed by atoms with van der Waals surface area (Å²) in [5.74, 6) is 1.74. The molecule has 2 atom stereocenters. The van der Waals surface area contributed by atoms with Crippen molar-refractivity contribution in [1.29, 1.82) is 0 Å². The third-order valence-electron chi connectivity index (χ3n) is 3.42. The van der Waals surface area contributed by atoms with E-state index in [1.807, 2.05) is 12.1 Å². The summed E-state index contributed by atoms with van der Waals surface area (Å²) in [6.07, 6.45) is 2.24. The smallest absolute Gasteiger partial charge is 0.145 e. The minimum absolute atomic E-state index is 0.172. The number of hydrogen-bond donors (Lipinski definition) is 0. The molecule has 19 heavy (non-hydrogen) atoms. The molecule has 106 valence electrons. The second kappa shape index (κ2) is 6.82. The maximum atomic E-state index is 6.30. The number of rotatable bonds is 4. The molecule has 0 aliphatic carbocycles. The molecule has 1 aromatic carbocycles. The Labute approximate surface area is 127 Å². The molecule has 0 N–H and O–H groups in total. The van der Waals surface area contributed by atoms with Crippen molar-refractivity contribution in [3.05, 3.63) is 22.7 Å². The zero-order valence-electron chi connectivity index (χ0n) is 11.1. The topological polar surface area (TPSA) is 27.7 Å². The van der Waals surface area contributed by atoms with E-state index in [-0.39, 0.29) is 4.83 Å². The normalized spacial score (nSPS) is 20.9. The molecular formula is C14H18BrClO3. The highest BCUT2D eigenvalue weighted by Crippen LogP contribution is 2.45. The van der Waals surface area contributed by atoms with Crippen LogP contribution in [0.15, 0.2) is 12.1 Å². The van der Waals surface area contributed by atoms with Crippen LogP contribution in [-0.2, 0) is 4.74 Å². The number of methoxy groups -OCH3 is 2. The van der Waals surface area contributed by atoms with E-state index < -0.39 is 0 Å². The van der Waals surface area contributed by atoms with Gasteiger partial charge < -0.3 is 14.2 Å². The van der Waals surface area contributed by atoms with Gasteiger partial charge in [-0.15, -0.1) is 0 Å². The first kappa shape index (κ1) is 14.9. The Morgan fingerprint density at radius 1 is 1.37 bits per heavy atom. The molecule has 2 unspecified atom stereocenters. The lowest BCUT2D eigenvalue weighted by Gasteiger charge is -2.28. The fourth-order valence-corrected chi connectivity index (χ4v) is 3.49. The highest BCUT2D eigenvalue weighted by molar-refractivity contribution is 9.09. The fraction of sp³-hybridized carbons (Fsp3) is 0.571. The molecule has 0 spiro atoms. The molecule has 3 nitrogen and oxygen atoms in total. The van der Waals surface area contributed by atoms with E-state index in [1.54, 1.807) is 14.2 Å². The van der Waals surface area contributed by atoms with Gasteiger partial charge in [-0.3, -0.25) is 0 Å². The third-order valence-corrected chi connectivity index (χ3v) is 5.02. The van der Waals surface area contributed by atoms with Crippen molar-refractivity contribution < 1.29 is 14.2 Å². The molecule has 0 radical (unpaired) electrons. The van der Waals surface area contributed by atoms with Crippen LogP contribution in [0.2, 0.25) is 5.02 Å². The quantitative estimate of drug-likeness (QED) is 0.762. The largest absolute Gasteiger partial charge is 0.495 e. The summed E-state index contributed by atoms with van der Waals surface area (Å²) in [6.45, 7) is 1.62. The molecule has 5 heteroatoms. The first-order chi connectivity index (χ1) is 9.19. The van der Waals surface area contributed by atoms with Crippen LogP contribution in [0.4, 0.5) is 0 Å². The standard InChI is InChI=1S/C14H18BrClO3/c1-17-11-6-5-10(14(18-2)13(11)16)12(15)9-4-3-7-19-8-9/h5-6,9,12H,3-4,7-8H2,1-2H3. The predicted octanol–water partition coefficient (Wildman–Crippen LogP) is 4.22. The number of ether oxygens (including phenoxy) is 3. The number of benzene rings is 1. The maximum absolute atomic E-state index is 6.30. The van der Waals surface area contributed by atoms with Gasteiger partial charge in [0.15, 0.2) is 0 Å². The van der Waals surface area contributed by atoms with Crippen molar-refractivity contribution in [2.24, 2.45) is 5.92 Å². The van der Waals surface area contributed by atoms with Crippen LogP contribution in [0.3, 0.4) is 0 Å². The van der Waals surface area contributed by atoms with Crippen LogP contribution in [0.25, 0.3) is 0 Å². The van der Waals surface area contributed by atoms with Crippen molar-refractivity contribution in [3.63, 3.8) is 0 Å². The predicted molar refractivity (Wildman–Crippen MR) is 79.8 cm³/mol. The minimum Gasteiger partial charge on any atom is -0.495 e. The average Bonchev–Trinajstić information content (AvgIpc) is 2.47. The molecule has 0 bridgehead atoms. The van der Waals surface area contributed by atoms with E-state index in [2.05, 4.69) is 15.9 Å². The molecule has 1 aliphatic heterocycles. The van der Waals surface area contributed by atoms with E-state index >= 15 is 0 Å². The highest BCUT2D eigenvalue weighted by atomic mass is 79.9. The Morgan fingerprint density at radius 3 is 2.74 bits per heavy atom. The van der Waals surface area contributed by atoms with Gasteiger partial charge in [0, 0.05) is 17.0 Å². The monoisotopic (exact) mass is 348 g/mol. The van der Waals surface area contributed by atoms with Crippen LogP contribution >= 0.6 is 27.5 Å². The van der Waals surface area contributed by atoms with Crippen LogP contribution in [-0.4, -0.2) is 27.4 Å². The Bertz CT molecular complexity index is 433. The Hall–Kier alpha value is -0.450. The lowest BCUT2D eigenvalue weighted by Crippen LogP contribution is -2.21. The third kappa shape index (κ3) is 3.18. The highest BCUT2D eigenvalue weighted by Gasteiger charge is 2.27. The number of alkyl halides is 1. The van der Waals surface area contributed by atoms with E-state index in [0.717, 1.165) is 31.6 Å². The number of hydrogen-bond acceptors (Lipinski definition) is 3. The van der Waals surface area contributed by atoms with Crippen LogP contribution < -0.4 is 9.47 Å². The molecule has 2 rings (SSSR count). The molecule has 0 aromatic heterocycles. The summed E-state index contributed by atoms with van der Waals surface area (Å²) < 4.78 is 16.2. The van der Waals surface area contributed by atoms with Gasteiger partial charge in [-0.05, 0) is 24.8 Å². The molecule has 1 aliphatic rings. The van der Waals surface area contributed by atoms with Gasteiger partial charge in [-0.1, -0.05) is 33.6 Å². The van der Waals surface area contributed by atoms with Crippen LogP contribution in [0.5, 0.6) is 11.5 Å². The lowest BCUT2D eigenvalue weighted by atomic mass is 9.93. The summed E-state index contributed by atoms with van der Waals surface area (Å²) in [5, 5.41) is 0.517. The molecule has 1 saturated heterocycles. The Balaban J connectivity index is 2.30. The summed E-state index contributed by atoms with van der Waals surface area (Å²) in [7, 11) is 3.22. The van der Waals surface area contributed by atoms with Crippen LogP contribution in [0.1, 0.15) is 23.2 Å². The average molecular weight is 350 g/mol.